The van der Waals surface area contributed by atoms with Crippen molar-refractivity contribution in [3.8, 4) is 0 Å². The summed E-state index contributed by atoms with van der Waals surface area (Å²) < 4.78 is 4.49. The number of hydrogen-bond acceptors (Lipinski definition) is 4. The van der Waals surface area contributed by atoms with E-state index in [4.69, 9.17) is 0 Å². The zero-order valence-electron chi connectivity index (χ0n) is 5.53. The highest BCUT2D eigenvalue weighted by atomic mass is 32.2. The summed E-state index contributed by atoms with van der Waals surface area (Å²) in [5.41, 5.74) is 0. The molecule has 0 atom stereocenters. The van der Waals surface area contributed by atoms with Gasteiger partial charge >= 0.3 is 5.97 Å². The van der Waals surface area contributed by atoms with Gasteiger partial charge < -0.3 is 4.74 Å². The molecule has 0 amide bonds. The highest BCUT2D eigenvalue weighted by Crippen LogP contribution is 2.18. The van der Waals surface area contributed by atoms with Crippen molar-refractivity contribution in [2.75, 3.05) is 12.9 Å². The maximum Gasteiger partial charge on any atom is 0.345 e. The maximum atomic E-state index is 10.8. The second-order valence-corrected chi connectivity index (χ2v) is 2.69. The number of nitrogens with zero attached hydrogens (tertiary/aromatic N) is 1. The number of esters is 1. The molecule has 0 saturated heterocycles. The van der Waals surface area contributed by atoms with Crippen LogP contribution in [0, 0.1) is 0 Å². The average Bonchev–Trinajstić information content (AvgIpc) is 2.05. The van der Waals surface area contributed by atoms with Gasteiger partial charge in [0.15, 0.2) is 0 Å². The van der Waals surface area contributed by atoms with Gasteiger partial charge in [0.2, 0.25) is 0 Å². The van der Waals surface area contributed by atoms with Crippen LogP contribution in [0.2, 0.25) is 0 Å². The summed E-state index contributed by atoms with van der Waals surface area (Å²) >= 11 is 1.43. The molecular formula is C6H7NO2S. The quantitative estimate of drug-likeness (QED) is 0.529. The number of methoxy groups -OCH3 is 1. The molecule has 0 aromatic carbocycles. The van der Waals surface area contributed by atoms with Gasteiger partial charge in [-0.15, -0.1) is 11.8 Å². The van der Waals surface area contributed by atoms with Crippen LogP contribution in [-0.4, -0.2) is 25.0 Å². The lowest BCUT2D eigenvalue weighted by Crippen LogP contribution is -2.04. The van der Waals surface area contributed by atoms with Crippen molar-refractivity contribution in [2.24, 2.45) is 4.99 Å². The molecule has 4 heteroatoms. The number of carbonyl (C=O) groups is 1. The summed E-state index contributed by atoms with van der Waals surface area (Å²) in [7, 11) is 1.36. The minimum absolute atomic E-state index is 0.304. The molecule has 1 rings (SSSR count). The van der Waals surface area contributed by atoms with Crippen molar-refractivity contribution in [1.29, 1.82) is 0 Å². The first kappa shape index (κ1) is 7.34. The van der Waals surface area contributed by atoms with Crippen molar-refractivity contribution in [3.05, 3.63) is 11.1 Å². The van der Waals surface area contributed by atoms with E-state index in [9.17, 15) is 4.79 Å². The van der Waals surface area contributed by atoms with Gasteiger partial charge in [0, 0.05) is 18.2 Å². The number of rotatable bonds is 1. The third kappa shape index (κ3) is 1.60. The molecule has 0 radical (unpaired) electrons. The predicted molar refractivity (Wildman–Crippen MR) is 41.0 cm³/mol. The molecule has 1 heterocycles. The van der Waals surface area contributed by atoms with Crippen LogP contribution >= 0.6 is 11.8 Å². The van der Waals surface area contributed by atoms with E-state index in [-0.39, 0.29) is 5.97 Å². The van der Waals surface area contributed by atoms with E-state index < -0.39 is 0 Å². The first-order chi connectivity index (χ1) is 4.84. The Balaban J connectivity index is 2.62. The summed E-state index contributed by atoms with van der Waals surface area (Å²) in [5, 5.41) is 0. The fourth-order valence-corrected chi connectivity index (χ4v) is 1.22. The van der Waals surface area contributed by atoms with Gasteiger partial charge in [0.1, 0.15) is 4.91 Å². The van der Waals surface area contributed by atoms with Gasteiger partial charge in [-0.05, 0) is 0 Å². The van der Waals surface area contributed by atoms with Gasteiger partial charge in [0.25, 0.3) is 0 Å². The molecule has 1 aliphatic rings. The monoisotopic (exact) mass is 157 g/mol. The SMILES string of the molecule is COC(=O)C1=CN=CCS1. The Hall–Kier alpha value is -0.770. The zero-order valence-corrected chi connectivity index (χ0v) is 6.35. The van der Waals surface area contributed by atoms with Gasteiger partial charge in [0.05, 0.1) is 7.11 Å². The highest BCUT2D eigenvalue weighted by molar-refractivity contribution is 8.04. The van der Waals surface area contributed by atoms with E-state index in [0.717, 1.165) is 5.75 Å². The molecule has 1 aliphatic heterocycles. The standard InChI is InChI=1S/C6H7NO2S/c1-9-6(8)5-4-7-2-3-10-5/h2,4H,3H2,1H3. The van der Waals surface area contributed by atoms with Crippen molar-refractivity contribution in [3.63, 3.8) is 0 Å². The summed E-state index contributed by atoms with van der Waals surface area (Å²) in [5.74, 6) is 0.447. The van der Waals surface area contributed by atoms with Gasteiger partial charge in [-0.2, -0.15) is 0 Å². The van der Waals surface area contributed by atoms with E-state index in [1.807, 2.05) is 0 Å². The topological polar surface area (TPSA) is 38.7 Å². The van der Waals surface area contributed by atoms with Crippen molar-refractivity contribution in [2.45, 2.75) is 0 Å². The lowest BCUT2D eigenvalue weighted by atomic mass is 10.6. The number of hydrogen-bond donors (Lipinski definition) is 0. The van der Waals surface area contributed by atoms with Crippen LogP contribution in [0.25, 0.3) is 0 Å². The third-order valence-electron chi connectivity index (χ3n) is 0.997. The van der Waals surface area contributed by atoms with E-state index >= 15 is 0 Å². The normalized spacial score (nSPS) is 16.3. The number of thioether (sulfide) groups is 1. The second-order valence-electron chi connectivity index (χ2n) is 1.63. The smallest absolute Gasteiger partial charge is 0.345 e. The Morgan fingerprint density at radius 3 is 3.20 bits per heavy atom. The number of aliphatic imine (C=N–C) groups is 1. The molecule has 0 aliphatic carbocycles. The van der Waals surface area contributed by atoms with Crippen LogP contribution in [-0.2, 0) is 9.53 Å². The number of carbonyl (C=O) groups excluding carboxylic acids is 1. The molecule has 54 valence electrons. The Morgan fingerprint density at radius 1 is 1.90 bits per heavy atom. The van der Waals surface area contributed by atoms with Gasteiger partial charge in [-0.1, -0.05) is 0 Å². The Bertz CT molecular complexity index is 198. The first-order valence-corrected chi connectivity index (χ1v) is 3.76. The van der Waals surface area contributed by atoms with Crippen molar-refractivity contribution < 1.29 is 9.53 Å². The highest BCUT2D eigenvalue weighted by Gasteiger charge is 2.10. The van der Waals surface area contributed by atoms with Crippen LogP contribution < -0.4 is 0 Å². The average molecular weight is 157 g/mol. The largest absolute Gasteiger partial charge is 0.465 e. The Morgan fingerprint density at radius 2 is 2.70 bits per heavy atom. The van der Waals surface area contributed by atoms with Gasteiger partial charge in [-0.25, -0.2) is 4.79 Å². The van der Waals surface area contributed by atoms with E-state index in [1.54, 1.807) is 6.21 Å². The van der Waals surface area contributed by atoms with Gasteiger partial charge in [-0.3, -0.25) is 4.99 Å². The van der Waals surface area contributed by atoms with Crippen LogP contribution in [0.1, 0.15) is 0 Å². The Labute approximate surface area is 63.2 Å². The second kappa shape index (κ2) is 3.41. The molecule has 0 N–H and O–H groups in total. The van der Waals surface area contributed by atoms with E-state index in [2.05, 4.69) is 9.73 Å². The van der Waals surface area contributed by atoms with Crippen LogP contribution in [0.5, 0.6) is 0 Å². The number of ether oxygens (including phenoxy) is 1. The predicted octanol–water partition coefficient (Wildman–Crippen LogP) is 0.818. The van der Waals surface area contributed by atoms with E-state index in [1.165, 1.54) is 25.1 Å². The lowest BCUT2D eigenvalue weighted by Gasteiger charge is -2.03. The molecule has 0 fully saturated rings. The molecule has 0 saturated carbocycles. The molecule has 0 unspecified atom stereocenters. The summed E-state index contributed by atoms with van der Waals surface area (Å²) in [6, 6.07) is 0. The Kier molecular flexibility index (Phi) is 2.50. The molecule has 0 spiro atoms. The summed E-state index contributed by atoms with van der Waals surface area (Å²) in [6.07, 6.45) is 3.26. The molecular weight excluding hydrogens is 150 g/mol. The maximum absolute atomic E-state index is 10.8. The van der Waals surface area contributed by atoms with Crippen molar-refractivity contribution >= 4 is 23.9 Å². The fourth-order valence-electron chi connectivity index (χ4n) is 0.540. The molecule has 10 heavy (non-hydrogen) atoms. The molecule has 3 nitrogen and oxygen atoms in total. The molecule has 0 bridgehead atoms. The third-order valence-corrected chi connectivity index (χ3v) is 1.90. The first-order valence-electron chi connectivity index (χ1n) is 2.77. The summed E-state index contributed by atoms with van der Waals surface area (Å²) in [4.78, 5) is 15.2. The lowest BCUT2D eigenvalue weighted by molar-refractivity contribution is -0.135. The molecule has 0 aromatic rings. The minimum atomic E-state index is -0.304. The zero-order chi connectivity index (χ0) is 7.40. The summed E-state index contributed by atoms with van der Waals surface area (Å²) in [6.45, 7) is 0. The van der Waals surface area contributed by atoms with Crippen LogP contribution in [0.4, 0.5) is 0 Å². The fraction of sp³-hybridized carbons (Fsp3) is 0.333. The molecule has 0 aromatic heterocycles. The van der Waals surface area contributed by atoms with Crippen molar-refractivity contribution in [1.82, 2.24) is 0 Å². The van der Waals surface area contributed by atoms with Crippen LogP contribution in [0.15, 0.2) is 16.1 Å². The minimum Gasteiger partial charge on any atom is -0.465 e. The van der Waals surface area contributed by atoms with E-state index in [0.29, 0.717) is 4.91 Å². The van der Waals surface area contributed by atoms with Crippen LogP contribution in [0.3, 0.4) is 0 Å².